The van der Waals surface area contributed by atoms with Crippen molar-refractivity contribution >= 4 is 67.6 Å². The van der Waals surface area contributed by atoms with Crippen LogP contribution >= 0.6 is 35.2 Å². The van der Waals surface area contributed by atoms with Gasteiger partial charge in [0.25, 0.3) is 11.6 Å². The minimum absolute atomic E-state index is 0.0347. The van der Waals surface area contributed by atoms with Crippen LogP contribution in [0.25, 0.3) is 10.1 Å². The van der Waals surface area contributed by atoms with Crippen molar-refractivity contribution in [3.8, 4) is 11.5 Å². The van der Waals surface area contributed by atoms with Gasteiger partial charge in [-0.2, -0.15) is 0 Å². The average Bonchev–Trinajstić information content (AvgIpc) is 3.19. The van der Waals surface area contributed by atoms with Gasteiger partial charge in [-0.15, -0.1) is 11.3 Å². The van der Waals surface area contributed by atoms with Crippen LogP contribution in [0.4, 0.5) is 11.4 Å². The molecule has 4 rings (SSSR count). The molecule has 1 saturated heterocycles. The highest BCUT2D eigenvalue weighted by Gasteiger charge is 2.27. The maximum absolute atomic E-state index is 13.1. The number of thiophene rings is 1. The van der Waals surface area contributed by atoms with Crippen LogP contribution < -0.4 is 14.8 Å². The van der Waals surface area contributed by atoms with E-state index in [0.717, 1.165) is 5.69 Å². The van der Waals surface area contributed by atoms with E-state index in [0.29, 0.717) is 62.8 Å². The molecule has 9 nitrogen and oxygen atoms in total. The number of carbonyl (C=O) groups is 1. The Morgan fingerprint density at radius 3 is 2.47 bits per heavy atom. The number of hydrogen-bond acceptors (Lipinski definition) is 7. The quantitative estimate of drug-likeness (QED) is 0.295. The molecule has 0 saturated carbocycles. The number of rotatable bonds is 5. The molecular weight excluding hydrogens is 500 g/mol. The number of nitro groups is 1. The van der Waals surface area contributed by atoms with Gasteiger partial charge in [-0.3, -0.25) is 14.9 Å². The first-order valence-electron chi connectivity index (χ1n) is 10.3. The molecule has 3 aromatic rings. The highest BCUT2D eigenvalue weighted by molar-refractivity contribution is 7.80. The second-order valence-corrected chi connectivity index (χ2v) is 9.28. The first-order valence-corrected chi connectivity index (χ1v) is 11.9. The average molecular weight is 521 g/mol. The lowest BCUT2D eigenvalue weighted by atomic mass is 10.2. The van der Waals surface area contributed by atoms with E-state index in [4.69, 9.17) is 33.3 Å². The lowest BCUT2D eigenvalue weighted by Crippen LogP contribution is -2.51. The first kappa shape index (κ1) is 24.0. The fraction of sp³-hybridized carbons (Fsp3) is 0.273. The molecule has 12 heteroatoms. The van der Waals surface area contributed by atoms with E-state index in [1.807, 2.05) is 17.0 Å². The van der Waals surface area contributed by atoms with Crippen LogP contribution in [0.5, 0.6) is 11.5 Å². The molecule has 0 unspecified atom stereocenters. The number of nitrogens with zero attached hydrogens (tertiary/aromatic N) is 3. The number of nitrogens with one attached hydrogen (secondary N) is 1. The Labute approximate surface area is 209 Å². The molecule has 2 heterocycles. The van der Waals surface area contributed by atoms with Gasteiger partial charge in [0.2, 0.25) is 0 Å². The van der Waals surface area contributed by atoms with E-state index < -0.39 is 4.92 Å². The number of anilines is 1. The predicted octanol–water partition coefficient (Wildman–Crippen LogP) is 4.63. The van der Waals surface area contributed by atoms with E-state index in [2.05, 4.69) is 5.32 Å². The number of nitro benzene ring substituents is 1. The number of benzene rings is 2. The fourth-order valence-corrected chi connectivity index (χ4v) is 5.46. The molecule has 1 fully saturated rings. The van der Waals surface area contributed by atoms with Crippen molar-refractivity contribution in [2.24, 2.45) is 0 Å². The normalized spacial score (nSPS) is 13.6. The Bertz CT molecular complexity index is 1270. The number of non-ortho nitro benzene ring substituents is 1. The molecule has 1 aliphatic heterocycles. The van der Waals surface area contributed by atoms with E-state index in [1.165, 1.54) is 23.5 Å². The Kier molecular flexibility index (Phi) is 7.05. The monoisotopic (exact) mass is 520 g/mol. The number of halogens is 1. The highest BCUT2D eigenvalue weighted by Crippen LogP contribution is 2.38. The summed E-state index contributed by atoms with van der Waals surface area (Å²) >= 11 is 13.2. The minimum Gasteiger partial charge on any atom is -0.497 e. The lowest BCUT2D eigenvalue weighted by Gasteiger charge is -2.36. The SMILES string of the molecule is COc1ccc(NC(=S)N2CCN(C(=O)c3sc4cc([N+](=O)[O-])ccc4c3Cl)CC2)c(OC)c1. The zero-order valence-corrected chi connectivity index (χ0v) is 20.8. The second-order valence-electron chi connectivity index (χ2n) is 7.46. The number of fused-ring (bicyclic) bond motifs is 1. The molecule has 1 aromatic heterocycles. The van der Waals surface area contributed by atoms with Gasteiger partial charge < -0.3 is 24.6 Å². The minimum atomic E-state index is -0.466. The summed E-state index contributed by atoms with van der Waals surface area (Å²) in [5, 5.41) is 15.7. The Hall–Kier alpha value is -3.15. The summed E-state index contributed by atoms with van der Waals surface area (Å²) in [6, 6.07) is 9.83. The molecule has 178 valence electrons. The van der Waals surface area contributed by atoms with Crippen LogP contribution in [0.3, 0.4) is 0 Å². The fourth-order valence-electron chi connectivity index (χ4n) is 3.66. The summed E-state index contributed by atoms with van der Waals surface area (Å²) in [5.74, 6) is 1.09. The van der Waals surface area contributed by atoms with Crippen molar-refractivity contribution in [1.29, 1.82) is 0 Å². The van der Waals surface area contributed by atoms with Crippen LogP contribution in [-0.2, 0) is 0 Å². The summed E-state index contributed by atoms with van der Waals surface area (Å²) in [6.45, 7) is 2.02. The molecule has 1 N–H and O–H groups in total. The predicted molar refractivity (Wildman–Crippen MR) is 137 cm³/mol. The molecule has 1 amide bonds. The van der Waals surface area contributed by atoms with E-state index in [-0.39, 0.29) is 11.6 Å². The third-order valence-electron chi connectivity index (χ3n) is 5.52. The zero-order valence-electron chi connectivity index (χ0n) is 18.4. The van der Waals surface area contributed by atoms with Gasteiger partial charge in [-0.25, -0.2) is 0 Å². The van der Waals surface area contributed by atoms with Gasteiger partial charge >= 0.3 is 0 Å². The molecule has 0 radical (unpaired) electrons. The third-order valence-corrected chi connectivity index (χ3v) is 7.53. The van der Waals surface area contributed by atoms with Gasteiger partial charge in [0.1, 0.15) is 16.4 Å². The topological polar surface area (TPSA) is 97.2 Å². The van der Waals surface area contributed by atoms with Crippen molar-refractivity contribution in [2.75, 3.05) is 45.7 Å². The zero-order chi connectivity index (χ0) is 24.4. The number of piperazine rings is 1. The van der Waals surface area contributed by atoms with Crippen molar-refractivity contribution in [3.05, 3.63) is 56.4 Å². The standard InChI is InChI=1S/C22H21ClN4O5S2/c1-31-14-4-6-16(17(12-14)32-2)24-22(33)26-9-7-25(8-10-26)21(28)20-19(23)15-5-3-13(27(29)30)11-18(15)34-20/h3-6,11-12H,7-10H2,1-2H3,(H,24,33). The van der Waals surface area contributed by atoms with Gasteiger partial charge in [-0.05, 0) is 30.4 Å². The van der Waals surface area contributed by atoms with E-state index >= 15 is 0 Å². The molecule has 0 spiro atoms. The Morgan fingerprint density at radius 2 is 1.82 bits per heavy atom. The van der Waals surface area contributed by atoms with Gasteiger partial charge in [0, 0.05) is 54.5 Å². The van der Waals surface area contributed by atoms with Crippen molar-refractivity contribution in [2.45, 2.75) is 0 Å². The number of amides is 1. The summed E-state index contributed by atoms with van der Waals surface area (Å²) in [7, 11) is 3.16. The number of hydrogen-bond donors (Lipinski definition) is 1. The maximum atomic E-state index is 13.1. The van der Waals surface area contributed by atoms with Gasteiger partial charge in [0.05, 0.1) is 29.9 Å². The van der Waals surface area contributed by atoms with Gasteiger partial charge in [-0.1, -0.05) is 11.6 Å². The van der Waals surface area contributed by atoms with Crippen molar-refractivity contribution in [1.82, 2.24) is 9.80 Å². The van der Waals surface area contributed by atoms with Crippen LogP contribution in [0.1, 0.15) is 9.67 Å². The number of ether oxygens (including phenoxy) is 2. The molecule has 0 aliphatic carbocycles. The van der Waals surface area contributed by atoms with Crippen molar-refractivity contribution < 1.29 is 19.2 Å². The van der Waals surface area contributed by atoms with Gasteiger partial charge in [0.15, 0.2) is 5.11 Å². The van der Waals surface area contributed by atoms with Crippen LogP contribution in [0.15, 0.2) is 36.4 Å². The Balaban J connectivity index is 1.42. The molecule has 0 atom stereocenters. The molecule has 2 aromatic carbocycles. The molecule has 34 heavy (non-hydrogen) atoms. The second kappa shape index (κ2) is 10.00. The van der Waals surface area contributed by atoms with E-state index in [1.54, 1.807) is 31.3 Å². The number of carbonyl (C=O) groups excluding carboxylic acids is 1. The molecular formula is C22H21ClN4O5S2. The summed E-state index contributed by atoms with van der Waals surface area (Å²) < 4.78 is 11.2. The third kappa shape index (κ3) is 4.72. The number of methoxy groups -OCH3 is 2. The summed E-state index contributed by atoms with van der Waals surface area (Å²) in [4.78, 5) is 27.8. The maximum Gasteiger partial charge on any atom is 0.270 e. The largest absolute Gasteiger partial charge is 0.497 e. The molecule has 1 aliphatic rings. The summed E-state index contributed by atoms with van der Waals surface area (Å²) in [5.41, 5.74) is 0.686. The smallest absolute Gasteiger partial charge is 0.270 e. The number of thiocarbonyl (C=S) groups is 1. The van der Waals surface area contributed by atoms with Crippen LogP contribution in [-0.4, -0.2) is 66.1 Å². The summed E-state index contributed by atoms with van der Waals surface area (Å²) in [6.07, 6.45) is 0. The lowest BCUT2D eigenvalue weighted by molar-refractivity contribution is -0.384. The first-order chi connectivity index (χ1) is 16.3. The molecule has 0 bridgehead atoms. The van der Waals surface area contributed by atoms with Crippen molar-refractivity contribution in [3.63, 3.8) is 0 Å². The van der Waals surface area contributed by atoms with Crippen LogP contribution in [0, 0.1) is 10.1 Å². The highest BCUT2D eigenvalue weighted by atomic mass is 35.5. The van der Waals surface area contributed by atoms with Crippen LogP contribution in [0.2, 0.25) is 5.02 Å². The Morgan fingerprint density at radius 1 is 1.12 bits per heavy atom. The van der Waals surface area contributed by atoms with E-state index in [9.17, 15) is 14.9 Å².